The lowest BCUT2D eigenvalue weighted by Gasteiger charge is -2.12. The maximum atomic E-state index is 11.0. The van der Waals surface area contributed by atoms with Crippen LogP contribution in [0.1, 0.15) is 27.4 Å². The fourth-order valence-corrected chi connectivity index (χ4v) is 2.15. The maximum Gasteiger partial charge on any atom is 0.339 e. The van der Waals surface area contributed by atoms with Crippen LogP contribution in [0, 0.1) is 13.8 Å². The number of halogens is 1. The summed E-state index contributed by atoms with van der Waals surface area (Å²) in [5, 5.41) is 12.8. The number of carboxylic acid groups (broad SMARTS) is 1. The molecule has 0 atom stereocenters. The quantitative estimate of drug-likeness (QED) is 0.877. The van der Waals surface area contributed by atoms with E-state index < -0.39 is 5.97 Å². The van der Waals surface area contributed by atoms with Crippen LogP contribution in [0.25, 0.3) is 0 Å². The first-order valence-electron chi connectivity index (χ1n) is 6.33. The highest BCUT2D eigenvalue weighted by Gasteiger charge is 2.14. The van der Waals surface area contributed by atoms with E-state index in [4.69, 9.17) is 25.9 Å². The molecule has 2 N–H and O–H groups in total. The van der Waals surface area contributed by atoms with Gasteiger partial charge in [0.05, 0.1) is 19.3 Å². The third-order valence-electron chi connectivity index (χ3n) is 3.13. The summed E-state index contributed by atoms with van der Waals surface area (Å²) in [6, 6.07) is 5.12. The van der Waals surface area contributed by atoms with Gasteiger partial charge in [-0.2, -0.15) is 0 Å². The van der Waals surface area contributed by atoms with Gasteiger partial charge in [-0.15, -0.1) is 0 Å². The Bertz CT molecular complexity index is 679. The number of aromatic carboxylic acids is 1. The Kier molecular flexibility index (Phi) is 4.43. The highest BCUT2D eigenvalue weighted by Crippen LogP contribution is 2.31. The van der Waals surface area contributed by atoms with E-state index in [0.29, 0.717) is 28.8 Å². The standard InChI is InChI=1S/C15H16ClNO4/c1-8-4-13(14(20-3)6-12(8)16)17-7-10-5-11(15(18)19)9(2)21-10/h4-6,17H,7H2,1-3H3,(H,18,19). The average molecular weight is 310 g/mol. The van der Waals surface area contributed by atoms with Crippen molar-refractivity contribution in [3.63, 3.8) is 0 Å². The fourth-order valence-electron chi connectivity index (χ4n) is 2.00. The number of hydrogen-bond donors (Lipinski definition) is 2. The summed E-state index contributed by atoms with van der Waals surface area (Å²) >= 11 is 6.05. The van der Waals surface area contributed by atoms with Gasteiger partial charge in [-0.05, 0) is 31.5 Å². The van der Waals surface area contributed by atoms with Gasteiger partial charge in [0, 0.05) is 11.1 Å². The molecule has 0 amide bonds. The summed E-state index contributed by atoms with van der Waals surface area (Å²) in [5.74, 6) is 0.549. The van der Waals surface area contributed by atoms with Crippen molar-refractivity contribution >= 4 is 23.3 Å². The second-order valence-corrected chi connectivity index (χ2v) is 5.05. The lowest BCUT2D eigenvalue weighted by molar-refractivity contribution is 0.0695. The summed E-state index contributed by atoms with van der Waals surface area (Å²) in [7, 11) is 1.56. The number of benzene rings is 1. The zero-order valence-corrected chi connectivity index (χ0v) is 12.7. The van der Waals surface area contributed by atoms with E-state index in [9.17, 15) is 4.79 Å². The Morgan fingerprint density at radius 2 is 2.10 bits per heavy atom. The Hall–Kier alpha value is -2.14. The molecule has 21 heavy (non-hydrogen) atoms. The molecule has 0 spiro atoms. The second kappa shape index (κ2) is 6.10. The van der Waals surface area contributed by atoms with E-state index in [-0.39, 0.29) is 5.56 Å². The Balaban J connectivity index is 2.18. The third-order valence-corrected chi connectivity index (χ3v) is 3.54. The molecule has 0 unspecified atom stereocenters. The Morgan fingerprint density at radius 1 is 1.38 bits per heavy atom. The first kappa shape index (κ1) is 15.3. The molecular weight excluding hydrogens is 294 g/mol. The van der Waals surface area contributed by atoms with Gasteiger partial charge in [-0.1, -0.05) is 11.6 Å². The van der Waals surface area contributed by atoms with Crippen molar-refractivity contribution < 1.29 is 19.1 Å². The smallest absolute Gasteiger partial charge is 0.339 e. The van der Waals surface area contributed by atoms with Crippen LogP contribution < -0.4 is 10.1 Å². The highest BCUT2D eigenvalue weighted by atomic mass is 35.5. The molecule has 0 aliphatic rings. The molecule has 112 valence electrons. The summed E-state index contributed by atoms with van der Waals surface area (Å²) < 4.78 is 10.7. The number of methoxy groups -OCH3 is 1. The summed E-state index contributed by atoms with van der Waals surface area (Å²) in [6.07, 6.45) is 0. The molecule has 0 saturated heterocycles. The molecule has 5 nitrogen and oxygen atoms in total. The lowest BCUT2D eigenvalue weighted by atomic mass is 10.2. The molecule has 0 bridgehead atoms. The van der Waals surface area contributed by atoms with Crippen molar-refractivity contribution in [3.05, 3.63) is 45.9 Å². The number of rotatable bonds is 5. The molecule has 1 aromatic carbocycles. The minimum absolute atomic E-state index is 0.172. The van der Waals surface area contributed by atoms with Gasteiger partial charge in [-0.25, -0.2) is 4.79 Å². The number of furan rings is 1. The highest BCUT2D eigenvalue weighted by molar-refractivity contribution is 6.31. The maximum absolute atomic E-state index is 11.0. The van der Waals surface area contributed by atoms with Crippen LogP contribution in [-0.2, 0) is 6.54 Å². The van der Waals surface area contributed by atoms with Crippen molar-refractivity contribution in [2.24, 2.45) is 0 Å². The van der Waals surface area contributed by atoms with Gasteiger partial charge in [0.25, 0.3) is 0 Å². The lowest BCUT2D eigenvalue weighted by Crippen LogP contribution is -2.01. The molecule has 0 aliphatic carbocycles. The first-order valence-corrected chi connectivity index (χ1v) is 6.70. The number of anilines is 1. The van der Waals surface area contributed by atoms with Crippen LogP contribution in [0.3, 0.4) is 0 Å². The zero-order valence-electron chi connectivity index (χ0n) is 12.0. The molecule has 2 aromatic rings. The molecule has 0 saturated carbocycles. The minimum Gasteiger partial charge on any atom is -0.495 e. The van der Waals surface area contributed by atoms with E-state index in [0.717, 1.165) is 11.3 Å². The van der Waals surface area contributed by atoms with Crippen LogP contribution in [0.5, 0.6) is 5.75 Å². The summed E-state index contributed by atoms with van der Waals surface area (Å²) in [4.78, 5) is 11.0. The Labute approximate surface area is 127 Å². The minimum atomic E-state index is -0.998. The molecule has 1 heterocycles. The van der Waals surface area contributed by atoms with Crippen molar-refractivity contribution in [3.8, 4) is 5.75 Å². The van der Waals surface area contributed by atoms with E-state index >= 15 is 0 Å². The van der Waals surface area contributed by atoms with Crippen LogP contribution >= 0.6 is 11.6 Å². The van der Waals surface area contributed by atoms with Crippen molar-refractivity contribution in [2.75, 3.05) is 12.4 Å². The van der Waals surface area contributed by atoms with Crippen LogP contribution in [0.2, 0.25) is 5.02 Å². The second-order valence-electron chi connectivity index (χ2n) is 4.64. The van der Waals surface area contributed by atoms with Gasteiger partial charge < -0.3 is 19.6 Å². The zero-order chi connectivity index (χ0) is 15.6. The number of hydrogen-bond acceptors (Lipinski definition) is 4. The van der Waals surface area contributed by atoms with Crippen molar-refractivity contribution in [2.45, 2.75) is 20.4 Å². The van der Waals surface area contributed by atoms with E-state index in [1.807, 2.05) is 13.0 Å². The predicted octanol–water partition coefficient (Wildman–Crippen LogP) is 3.87. The van der Waals surface area contributed by atoms with Crippen LogP contribution in [0.15, 0.2) is 22.6 Å². The van der Waals surface area contributed by atoms with Gasteiger partial charge >= 0.3 is 5.97 Å². The van der Waals surface area contributed by atoms with Gasteiger partial charge in [-0.3, -0.25) is 0 Å². The molecule has 1 aromatic heterocycles. The number of ether oxygens (including phenoxy) is 1. The fraction of sp³-hybridized carbons (Fsp3) is 0.267. The van der Waals surface area contributed by atoms with E-state index in [2.05, 4.69) is 5.32 Å². The number of carboxylic acids is 1. The van der Waals surface area contributed by atoms with E-state index in [1.165, 1.54) is 6.07 Å². The molecule has 6 heteroatoms. The number of aryl methyl sites for hydroxylation is 2. The van der Waals surface area contributed by atoms with Crippen molar-refractivity contribution in [1.29, 1.82) is 0 Å². The first-order chi connectivity index (χ1) is 9.92. The SMILES string of the molecule is COc1cc(Cl)c(C)cc1NCc1cc(C(=O)O)c(C)o1. The molecule has 0 aliphatic heterocycles. The number of nitrogens with one attached hydrogen (secondary N) is 1. The topological polar surface area (TPSA) is 71.7 Å². The molecule has 0 radical (unpaired) electrons. The normalized spacial score (nSPS) is 10.5. The predicted molar refractivity (Wildman–Crippen MR) is 80.5 cm³/mol. The Morgan fingerprint density at radius 3 is 2.67 bits per heavy atom. The number of carbonyl (C=O) groups is 1. The molecular formula is C15H16ClNO4. The van der Waals surface area contributed by atoms with Crippen molar-refractivity contribution in [1.82, 2.24) is 0 Å². The summed E-state index contributed by atoms with van der Waals surface area (Å²) in [5.41, 5.74) is 1.86. The van der Waals surface area contributed by atoms with Crippen LogP contribution in [0.4, 0.5) is 5.69 Å². The monoisotopic (exact) mass is 309 g/mol. The van der Waals surface area contributed by atoms with Gasteiger partial charge in [0.15, 0.2) is 0 Å². The third kappa shape index (κ3) is 3.31. The van der Waals surface area contributed by atoms with Gasteiger partial charge in [0.2, 0.25) is 0 Å². The summed E-state index contributed by atoms with van der Waals surface area (Å²) in [6.45, 7) is 3.87. The largest absolute Gasteiger partial charge is 0.495 e. The average Bonchev–Trinajstić information content (AvgIpc) is 2.81. The molecule has 0 fully saturated rings. The van der Waals surface area contributed by atoms with E-state index in [1.54, 1.807) is 20.1 Å². The van der Waals surface area contributed by atoms with Gasteiger partial charge in [0.1, 0.15) is 22.8 Å². The van der Waals surface area contributed by atoms with Crippen LogP contribution in [-0.4, -0.2) is 18.2 Å². The molecule has 2 rings (SSSR count).